The van der Waals surface area contributed by atoms with Crippen LogP contribution in [0.25, 0.3) is 0 Å². The first-order valence-electron chi connectivity index (χ1n) is 9.01. The van der Waals surface area contributed by atoms with E-state index in [2.05, 4.69) is 12.2 Å². The lowest BCUT2D eigenvalue weighted by molar-refractivity contribution is -0.137. The second-order valence-corrected chi connectivity index (χ2v) is 7.30. The maximum absolute atomic E-state index is 11.9. The van der Waals surface area contributed by atoms with Crippen LogP contribution in [0.2, 0.25) is 5.02 Å². The molecule has 0 unspecified atom stereocenters. The molecule has 2 aromatic rings. The molecule has 0 aromatic heterocycles. The maximum atomic E-state index is 11.9. The van der Waals surface area contributed by atoms with Crippen LogP contribution >= 0.6 is 11.6 Å². The van der Waals surface area contributed by atoms with Crippen LogP contribution in [0.1, 0.15) is 37.4 Å². The van der Waals surface area contributed by atoms with E-state index in [9.17, 15) is 4.79 Å². The number of hydrogen-bond donors (Lipinski definition) is 1. The van der Waals surface area contributed by atoms with E-state index in [4.69, 9.17) is 21.1 Å². The number of hydrogen-bond acceptors (Lipinski definition) is 4. The Bertz CT molecular complexity index is 847. The average Bonchev–Trinajstić information content (AvgIpc) is 2.67. The molecule has 0 radical (unpaired) electrons. The van der Waals surface area contributed by atoms with Crippen LogP contribution in [0.5, 0.6) is 5.75 Å². The summed E-state index contributed by atoms with van der Waals surface area (Å²) in [7, 11) is 1.65. The van der Waals surface area contributed by atoms with Crippen molar-refractivity contribution in [2.75, 3.05) is 19.0 Å². The van der Waals surface area contributed by atoms with Gasteiger partial charge >= 0.3 is 5.97 Å². The fourth-order valence-electron chi connectivity index (χ4n) is 3.52. The van der Waals surface area contributed by atoms with Crippen LogP contribution in [0.4, 0.5) is 5.69 Å². The molecule has 0 saturated heterocycles. The van der Waals surface area contributed by atoms with Crippen molar-refractivity contribution >= 4 is 23.3 Å². The van der Waals surface area contributed by atoms with Gasteiger partial charge in [0.05, 0.1) is 19.8 Å². The van der Waals surface area contributed by atoms with Crippen molar-refractivity contribution in [3.05, 3.63) is 70.8 Å². The highest BCUT2D eigenvalue weighted by Crippen LogP contribution is 2.46. The Morgan fingerprint density at radius 3 is 2.70 bits per heavy atom. The molecule has 0 aliphatic carbocycles. The van der Waals surface area contributed by atoms with Crippen LogP contribution in [0.15, 0.2) is 54.6 Å². The Labute approximate surface area is 165 Å². The zero-order valence-corrected chi connectivity index (χ0v) is 16.5. The van der Waals surface area contributed by atoms with Gasteiger partial charge in [-0.1, -0.05) is 36.7 Å². The third-order valence-corrected chi connectivity index (χ3v) is 5.20. The number of anilines is 1. The van der Waals surface area contributed by atoms with E-state index in [1.54, 1.807) is 14.0 Å². The number of allylic oxidation sites excluding steroid dienone is 1. The van der Waals surface area contributed by atoms with E-state index >= 15 is 0 Å². The molecule has 0 saturated carbocycles. The molecule has 1 aliphatic heterocycles. The van der Waals surface area contributed by atoms with Crippen LogP contribution in [-0.2, 0) is 14.9 Å². The standard InChI is InChI=1S/C22H24ClNO3/c1-4-27-21(25)11-12-22(2)14-20(15-5-7-16(23)8-6-15)24-19-10-9-17(26-3)13-18(19)22/h5-13,20,24H,4,14H2,1-3H3/b12-11+/t20-,22-/m0/s1. The topological polar surface area (TPSA) is 47.6 Å². The van der Waals surface area contributed by atoms with Crippen molar-refractivity contribution < 1.29 is 14.3 Å². The van der Waals surface area contributed by atoms with Gasteiger partial charge in [0.25, 0.3) is 0 Å². The predicted octanol–water partition coefficient (Wildman–Crippen LogP) is 5.28. The first-order valence-corrected chi connectivity index (χ1v) is 9.39. The molecule has 3 rings (SSSR count). The van der Waals surface area contributed by atoms with Gasteiger partial charge in [0, 0.05) is 22.2 Å². The minimum absolute atomic E-state index is 0.0972. The minimum Gasteiger partial charge on any atom is -0.497 e. The molecule has 0 amide bonds. The summed E-state index contributed by atoms with van der Waals surface area (Å²) in [6.07, 6.45) is 4.24. The number of methoxy groups -OCH3 is 1. The van der Waals surface area contributed by atoms with E-state index in [0.29, 0.717) is 11.6 Å². The van der Waals surface area contributed by atoms with Crippen molar-refractivity contribution in [1.82, 2.24) is 0 Å². The van der Waals surface area contributed by atoms with Crippen molar-refractivity contribution in [3.8, 4) is 5.75 Å². The molecule has 5 heteroatoms. The molecule has 2 aromatic carbocycles. The summed E-state index contributed by atoms with van der Waals surface area (Å²) in [5.41, 5.74) is 2.91. The van der Waals surface area contributed by atoms with Crippen molar-refractivity contribution in [3.63, 3.8) is 0 Å². The second-order valence-electron chi connectivity index (χ2n) is 6.87. The van der Waals surface area contributed by atoms with Gasteiger partial charge in [-0.05, 0) is 54.8 Å². The Hall–Kier alpha value is -2.46. The zero-order chi connectivity index (χ0) is 19.4. The second kappa shape index (κ2) is 8.05. The lowest BCUT2D eigenvalue weighted by atomic mass is 9.72. The van der Waals surface area contributed by atoms with Gasteiger partial charge in [-0.15, -0.1) is 0 Å². The largest absolute Gasteiger partial charge is 0.497 e. The predicted molar refractivity (Wildman–Crippen MR) is 109 cm³/mol. The Morgan fingerprint density at radius 2 is 2.04 bits per heavy atom. The van der Waals surface area contributed by atoms with Gasteiger partial charge < -0.3 is 14.8 Å². The number of benzene rings is 2. The molecule has 1 N–H and O–H groups in total. The van der Waals surface area contributed by atoms with Crippen LogP contribution in [0.3, 0.4) is 0 Å². The zero-order valence-electron chi connectivity index (χ0n) is 15.8. The number of rotatable bonds is 5. The molecule has 0 bridgehead atoms. The quantitative estimate of drug-likeness (QED) is 0.561. The summed E-state index contributed by atoms with van der Waals surface area (Å²) in [5, 5.41) is 4.32. The SMILES string of the molecule is CCOC(=O)/C=C/[C@@]1(C)C[C@@H](c2ccc(Cl)cc2)Nc2ccc(OC)cc21. The Kier molecular flexibility index (Phi) is 5.76. The normalized spacial score (nSPS) is 21.4. The van der Waals surface area contributed by atoms with Crippen molar-refractivity contribution in [2.24, 2.45) is 0 Å². The number of fused-ring (bicyclic) bond motifs is 1. The smallest absolute Gasteiger partial charge is 0.330 e. The minimum atomic E-state index is -0.355. The number of esters is 1. The highest BCUT2D eigenvalue weighted by atomic mass is 35.5. The van der Waals surface area contributed by atoms with Gasteiger partial charge in [0.1, 0.15) is 5.75 Å². The van der Waals surface area contributed by atoms with E-state index in [-0.39, 0.29) is 17.4 Å². The van der Waals surface area contributed by atoms with Gasteiger partial charge in [0.15, 0.2) is 0 Å². The Morgan fingerprint density at radius 1 is 1.30 bits per heavy atom. The van der Waals surface area contributed by atoms with Gasteiger partial charge in [-0.2, -0.15) is 0 Å². The van der Waals surface area contributed by atoms with Gasteiger partial charge in [-0.25, -0.2) is 4.79 Å². The highest BCUT2D eigenvalue weighted by Gasteiger charge is 2.35. The highest BCUT2D eigenvalue weighted by molar-refractivity contribution is 6.30. The molecule has 1 aliphatic rings. The number of carbonyl (C=O) groups excluding carboxylic acids is 1. The average molecular weight is 386 g/mol. The molecule has 27 heavy (non-hydrogen) atoms. The number of nitrogens with one attached hydrogen (secondary N) is 1. The summed E-state index contributed by atoms with van der Waals surface area (Å²) in [4.78, 5) is 11.9. The van der Waals surface area contributed by atoms with Gasteiger partial charge in [0.2, 0.25) is 0 Å². The summed E-state index contributed by atoms with van der Waals surface area (Å²) >= 11 is 6.04. The number of carbonyl (C=O) groups is 1. The number of halogens is 1. The van der Waals surface area contributed by atoms with E-state index < -0.39 is 0 Å². The Balaban J connectivity index is 2.00. The molecule has 0 spiro atoms. The summed E-state index contributed by atoms with van der Waals surface area (Å²) in [5.74, 6) is 0.459. The molecule has 1 heterocycles. The van der Waals surface area contributed by atoms with Crippen LogP contribution < -0.4 is 10.1 Å². The van der Waals surface area contributed by atoms with E-state index in [1.807, 2.05) is 48.5 Å². The van der Waals surface area contributed by atoms with Crippen molar-refractivity contribution in [2.45, 2.75) is 31.7 Å². The molecule has 2 atom stereocenters. The van der Waals surface area contributed by atoms with Gasteiger partial charge in [-0.3, -0.25) is 0 Å². The summed E-state index contributed by atoms with van der Waals surface area (Å²) < 4.78 is 10.5. The van der Waals surface area contributed by atoms with Crippen LogP contribution in [-0.4, -0.2) is 19.7 Å². The third-order valence-electron chi connectivity index (χ3n) is 4.95. The lowest BCUT2D eigenvalue weighted by Crippen LogP contribution is -2.32. The lowest BCUT2D eigenvalue weighted by Gasteiger charge is -2.39. The maximum Gasteiger partial charge on any atom is 0.330 e. The van der Waals surface area contributed by atoms with Crippen LogP contribution in [0, 0.1) is 0 Å². The van der Waals surface area contributed by atoms with Crippen molar-refractivity contribution in [1.29, 1.82) is 0 Å². The summed E-state index contributed by atoms with van der Waals surface area (Å²) in [6, 6.07) is 13.9. The van der Waals surface area contributed by atoms with E-state index in [0.717, 1.165) is 29.0 Å². The first-order chi connectivity index (χ1) is 12.9. The van der Waals surface area contributed by atoms with E-state index in [1.165, 1.54) is 6.08 Å². The molecular formula is C22H24ClNO3. The third kappa shape index (κ3) is 4.28. The summed E-state index contributed by atoms with van der Waals surface area (Å²) in [6.45, 7) is 4.29. The number of ether oxygens (including phenoxy) is 2. The first kappa shape index (κ1) is 19.3. The molecule has 142 valence electrons. The molecule has 0 fully saturated rings. The fraction of sp³-hybridized carbons (Fsp3) is 0.318. The molecular weight excluding hydrogens is 362 g/mol. The monoisotopic (exact) mass is 385 g/mol. The molecule has 4 nitrogen and oxygen atoms in total. The fourth-order valence-corrected chi connectivity index (χ4v) is 3.64.